The average molecular weight is 272 g/mol. The second-order valence-corrected chi connectivity index (χ2v) is 4.83. The predicted octanol–water partition coefficient (Wildman–Crippen LogP) is 2.91. The van der Waals surface area contributed by atoms with Crippen LogP contribution in [0.4, 0.5) is 18.9 Å². The van der Waals surface area contributed by atoms with Gasteiger partial charge in [-0.2, -0.15) is 13.2 Å². The van der Waals surface area contributed by atoms with E-state index < -0.39 is 11.7 Å². The highest BCUT2D eigenvalue weighted by atomic mass is 19.4. The van der Waals surface area contributed by atoms with E-state index >= 15 is 0 Å². The van der Waals surface area contributed by atoms with E-state index in [0.717, 1.165) is 25.0 Å². The van der Waals surface area contributed by atoms with Gasteiger partial charge in [-0.15, -0.1) is 0 Å². The summed E-state index contributed by atoms with van der Waals surface area (Å²) in [5, 5.41) is 0. The lowest BCUT2D eigenvalue weighted by molar-refractivity contribution is -0.137. The van der Waals surface area contributed by atoms with Crippen molar-refractivity contribution in [1.82, 2.24) is 4.90 Å². The summed E-state index contributed by atoms with van der Waals surface area (Å²) in [7, 11) is 0. The number of anilines is 1. The van der Waals surface area contributed by atoms with E-state index in [4.69, 9.17) is 5.73 Å². The molecule has 1 amide bonds. The Balaban J connectivity index is 2.34. The Bertz CT molecular complexity index is 499. The maximum Gasteiger partial charge on any atom is 0.416 e. The standard InChI is InChI=1S/C13H15F3N2O/c1-8-3-2-4-18(8)12(19)9-5-10(13(14,15)16)7-11(17)6-9/h5-8H,2-4,17H2,1H3. The van der Waals surface area contributed by atoms with Crippen LogP contribution in [0.15, 0.2) is 18.2 Å². The summed E-state index contributed by atoms with van der Waals surface area (Å²) in [6.45, 7) is 2.47. The molecule has 1 saturated heterocycles. The Morgan fingerprint density at radius 2 is 2.05 bits per heavy atom. The maximum atomic E-state index is 12.7. The fourth-order valence-electron chi connectivity index (χ4n) is 2.34. The van der Waals surface area contributed by atoms with E-state index in [1.807, 2.05) is 6.92 Å². The first-order valence-electron chi connectivity index (χ1n) is 6.08. The zero-order valence-electron chi connectivity index (χ0n) is 10.5. The first-order chi connectivity index (χ1) is 8.79. The number of nitrogen functional groups attached to an aromatic ring is 1. The van der Waals surface area contributed by atoms with Crippen LogP contribution in [-0.2, 0) is 6.18 Å². The van der Waals surface area contributed by atoms with Crippen molar-refractivity contribution < 1.29 is 18.0 Å². The number of hydrogen-bond acceptors (Lipinski definition) is 2. The summed E-state index contributed by atoms with van der Waals surface area (Å²) in [5.41, 5.74) is 4.52. The number of rotatable bonds is 1. The molecular formula is C13H15F3N2O. The lowest BCUT2D eigenvalue weighted by Gasteiger charge is -2.22. The van der Waals surface area contributed by atoms with Crippen LogP contribution >= 0.6 is 0 Å². The van der Waals surface area contributed by atoms with E-state index in [1.165, 1.54) is 6.07 Å². The number of likely N-dealkylation sites (tertiary alicyclic amines) is 1. The number of alkyl halides is 3. The van der Waals surface area contributed by atoms with Gasteiger partial charge in [0.1, 0.15) is 0 Å². The molecule has 19 heavy (non-hydrogen) atoms. The summed E-state index contributed by atoms with van der Waals surface area (Å²) in [4.78, 5) is 13.8. The number of nitrogens with two attached hydrogens (primary N) is 1. The SMILES string of the molecule is CC1CCCN1C(=O)c1cc(N)cc(C(F)(F)F)c1. The molecule has 1 atom stereocenters. The van der Waals surface area contributed by atoms with Gasteiger partial charge in [-0.05, 0) is 38.0 Å². The largest absolute Gasteiger partial charge is 0.416 e. The fourth-order valence-corrected chi connectivity index (χ4v) is 2.34. The van der Waals surface area contributed by atoms with Crippen LogP contribution in [0.1, 0.15) is 35.7 Å². The molecule has 0 bridgehead atoms. The Morgan fingerprint density at radius 3 is 2.58 bits per heavy atom. The zero-order chi connectivity index (χ0) is 14.2. The second kappa shape index (κ2) is 4.75. The highest BCUT2D eigenvalue weighted by Crippen LogP contribution is 2.32. The van der Waals surface area contributed by atoms with Gasteiger partial charge in [0, 0.05) is 23.8 Å². The van der Waals surface area contributed by atoms with Gasteiger partial charge in [0.2, 0.25) is 0 Å². The third-order valence-corrected chi connectivity index (χ3v) is 3.34. The monoisotopic (exact) mass is 272 g/mol. The molecule has 6 heteroatoms. The molecule has 2 rings (SSSR count). The number of benzene rings is 1. The minimum absolute atomic E-state index is 0.000995. The Morgan fingerprint density at radius 1 is 1.37 bits per heavy atom. The molecule has 1 aliphatic rings. The molecule has 2 N–H and O–H groups in total. The van der Waals surface area contributed by atoms with Crippen LogP contribution in [0, 0.1) is 0 Å². The van der Waals surface area contributed by atoms with Gasteiger partial charge in [0.15, 0.2) is 0 Å². The van der Waals surface area contributed by atoms with Crippen molar-refractivity contribution >= 4 is 11.6 Å². The van der Waals surface area contributed by atoms with Crippen molar-refractivity contribution in [1.29, 1.82) is 0 Å². The topological polar surface area (TPSA) is 46.3 Å². The van der Waals surface area contributed by atoms with Gasteiger partial charge < -0.3 is 10.6 Å². The van der Waals surface area contributed by atoms with Crippen LogP contribution in [-0.4, -0.2) is 23.4 Å². The smallest absolute Gasteiger partial charge is 0.399 e. The molecule has 1 heterocycles. The summed E-state index contributed by atoms with van der Waals surface area (Å²) < 4.78 is 38.1. The average Bonchev–Trinajstić information content (AvgIpc) is 2.72. The number of hydrogen-bond donors (Lipinski definition) is 1. The molecule has 0 aromatic heterocycles. The summed E-state index contributed by atoms with van der Waals surface area (Å²) >= 11 is 0. The molecule has 0 saturated carbocycles. The number of carbonyl (C=O) groups excluding carboxylic acids is 1. The normalized spacial score (nSPS) is 19.8. The van der Waals surface area contributed by atoms with Gasteiger partial charge in [-0.1, -0.05) is 0 Å². The zero-order valence-corrected chi connectivity index (χ0v) is 10.5. The lowest BCUT2D eigenvalue weighted by Crippen LogP contribution is -2.33. The first kappa shape index (κ1) is 13.7. The molecule has 1 fully saturated rings. The lowest BCUT2D eigenvalue weighted by atomic mass is 10.1. The molecule has 1 aromatic rings. The van der Waals surface area contributed by atoms with E-state index in [-0.39, 0.29) is 23.2 Å². The predicted molar refractivity (Wildman–Crippen MR) is 65.6 cm³/mol. The van der Waals surface area contributed by atoms with Gasteiger partial charge in [-0.25, -0.2) is 0 Å². The number of amides is 1. The molecule has 0 aliphatic carbocycles. The third kappa shape index (κ3) is 2.83. The highest BCUT2D eigenvalue weighted by molar-refractivity contribution is 5.95. The Kier molecular flexibility index (Phi) is 3.43. The van der Waals surface area contributed by atoms with Crippen molar-refractivity contribution in [3.8, 4) is 0 Å². The molecule has 3 nitrogen and oxygen atoms in total. The van der Waals surface area contributed by atoms with E-state index in [0.29, 0.717) is 6.54 Å². The number of carbonyl (C=O) groups is 1. The van der Waals surface area contributed by atoms with Crippen LogP contribution in [0.25, 0.3) is 0 Å². The van der Waals surface area contributed by atoms with Crippen molar-refractivity contribution in [2.45, 2.75) is 32.0 Å². The van der Waals surface area contributed by atoms with Gasteiger partial charge in [-0.3, -0.25) is 4.79 Å². The molecule has 1 aliphatic heterocycles. The van der Waals surface area contributed by atoms with Gasteiger partial charge in [0.25, 0.3) is 5.91 Å². The second-order valence-electron chi connectivity index (χ2n) is 4.83. The van der Waals surface area contributed by atoms with Gasteiger partial charge in [0.05, 0.1) is 5.56 Å². The molecular weight excluding hydrogens is 257 g/mol. The summed E-state index contributed by atoms with van der Waals surface area (Å²) in [6, 6.07) is 3.06. The minimum Gasteiger partial charge on any atom is -0.399 e. The van der Waals surface area contributed by atoms with Crippen molar-refractivity contribution in [2.24, 2.45) is 0 Å². The van der Waals surface area contributed by atoms with Crippen LogP contribution in [0.2, 0.25) is 0 Å². The van der Waals surface area contributed by atoms with E-state index in [9.17, 15) is 18.0 Å². The Labute approximate surface area is 109 Å². The molecule has 1 unspecified atom stereocenters. The molecule has 0 spiro atoms. The van der Waals surface area contributed by atoms with Crippen LogP contribution in [0.3, 0.4) is 0 Å². The van der Waals surface area contributed by atoms with E-state index in [2.05, 4.69) is 0 Å². The van der Waals surface area contributed by atoms with E-state index in [1.54, 1.807) is 4.90 Å². The van der Waals surface area contributed by atoms with Crippen LogP contribution in [0.5, 0.6) is 0 Å². The van der Waals surface area contributed by atoms with Crippen LogP contribution < -0.4 is 5.73 Å². The minimum atomic E-state index is -4.50. The van der Waals surface area contributed by atoms with Gasteiger partial charge >= 0.3 is 6.18 Å². The first-order valence-corrected chi connectivity index (χ1v) is 6.08. The summed E-state index contributed by atoms with van der Waals surface area (Å²) in [6.07, 6.45) is -2.75. The molecule has 1 aromatic carbocycles. The number of halogens is 3. The molecule has 104 valence electrons. The third-order valence-electron chi connectivity index (χ3n) is 3.34. The maximum absolute atomic E-state index is 12.7. The van der Waals surface area contributed by atoms with Crippen molar-refractivity contribution in [3.05, 3.63) is 29.3 Å². The molecule has 0 radical (unpaired) electrons. The quantitative estimate of drug-likeness (QED) is 0.799. The van der Waals surface area contributed by atoms with Crippen molar-refractivity contribution in [2.75, 3.05) is 12.3 Å². The van der Waals surface area contributed by atoms with Crippen molar-refractivity contribution in [3.63, 3.8) is 0 Å². The highest BCUT2D eigenvalue weighted by Gasteiger charge is 2.33. The summed E-state index contributed by atoms with van der Waals surface area (Å²) in [5.74, 6) is -0.386. The number of nitrogens with zero attached hydrogens (tertiary/aromatic N) is 1. The fraction of sp³-hybridized carbons (Fsp3) is 0.462. The Hall–Kier alpha value is -1.72.